The van der Waals surface area contributed by atoms with Gasteiger partial charge in [0.25, 0.3) is 0 Å². The number of nitrogens with zero attached hydrogens (tertiary/aromatic N) is 3. The molecule has 1 aliphatic heterocycles. The number of aliphatic hydroxyl groups excluding tert-OH is 1. The minimum atomic E-state index is -0.156. The second-order valence-electron chi connectivity index (χ2n) is 3.86. The van der Waals surface area contributed by atoms with Crippen molar-refractivity contribution in [3.63, 3.8) is 0 Å². The van der Waals surface area contributed by atoms with Crippen LogP contribution in [0.5, 0.6) is 0 Å². The van der Waals surface area contributed by atoms with Crippen LogP contribution in [0.4, 0.5) is 5.95 Å². The van der Waals surface area contributed by atoms with Gasteiger partial charge in [-0.2, -0.15) is 0 Å². The highest BCUT2D eigenvalue weighted by molar-refractivity contribution is 9.10. The molecule has 88 valence electrons. The second kappa shape index (κ2) is 5.07. The second-order valence-corrected chi connectivity index (χ2v) is 4.77. The van der Waals surface area contributed by atoms with Gasteiger partial charge >= 0.3 is 0 Å². The summed E-state index contributed by atoms with van der Waals surface area (Å²) in [6.45, 7) is 3.38. The maximum atomic E-state index is 9.12. The Morgan fingerprint density at radius 1 is 1.50 bits per heavy atom. The predicted octanol–water partition coefficient (Wildman–Crippen LogP) is 0.825. The van der Waals surface area contributed by atoms with E-state index in [4.69, 9.17) is 9.84 Å². The zero-order chi connectivity index (χ0) is 11.5. The molecule has 0 aromatic carbocycles. The molecule has 0 bridgehead atoms. The van der Waals surface area contributed by atoms with Gasteiger partial charge in [0.05, 0.1) is 23.3 Å². The quantitative estimate of drug-likeness (QED) is 0.873. The molecule has 2 atom stereocenters. The normalized spacial score (nSPS) is 25.8. The van der Waals surface area contributed by atoms with Crippen LogP contribution < -0.4 is 4.90 Å². The largest absolute Gasteiger partial charge is 0.394 e. The molecule has 1 aliphatic rings. The highest BCUT2D eigenvalue weighted by Gasteiger charge is 2.26. The summed E-state index contributed by atoms with van der Waals surface area (Å²) in [5, 5.41) is 9.12. The van der Waals surface area contributed by atoms with Crippen molar-refractivity contribution in [2.24, 2.45) is 0 Å². The fourth-order valence-corrected chi connectivity index (χ4v) is 1.98. The molecule has 5 nitrogen and oxygen atoms in total. The zero-order valence-electron chi connectivity index (χ0n) is 9.01. The first-order valence-electron chi connectivity index (χ1n) is 5.18. The van der Waals surface area contributed by atoms with Gasteiger partial charge in [0.15, 0.2) is 0 Å². The van der Waals surface area contributed by atoms with Crippen LogP contribution in [0.3, 0.4) is 0 Å². The summed E-state index contributed by atoms with van der Waals surface area (Å²) in [5.41, 5.74) is 0. The Kier molecular flexibility index (Phi) is 3.73. The zero-order valence-corrected chi connectivity index (χ0v) is 10.6. The van der Waals surface area contributed by atoms with Crippen LogP contribution in [0.1, 0.15) is 6.92 Å². The highest BCUT2D eigenvalue weighted by atomic mass is 79.9. The molecule has 1 N–H and O–H groups in total. The molecule has 2 rings (SSSR count). The maximum Gasteiger partial charge on any atom is 0.225 e. The number of hydrogen-bond acceptors (Lipinski definition) is 5. The summed E-state index contributed by atoms with van der Waals surface area (Å²) in [4.78, 5) is 10.5. The molecule has 1 saturated heterocycles. The lowest BCUT2D eigenvalue weighted by molar-refractivity contribution is -0.0425. The standard InChI is InChI=1S/C10H14BrN3O2/c1-7-4-14(5-9(6-15)16-7)10-12-2-8(11)3-13-10/h2-3,7,9,15H,4-6H2,1H3. The fraction of sp³-hybridized carbons (Fsp3) is 0.600. The molecule has 2 unspecified atom stereocenters. The number of hydrogen-bond donors (Lipinski definition) is 1. The smallest absolute Gasteiger partial charge is 0.225 e. The van der Waals surface area contributed by atoms with E-state index >= 15 is 0 Å². The SMILES string of the molecule is CC1CN(c2ncc(Br)cn2)CC(CO)O1. The van der Waals surface area contributed by atoms with Gasteiger partial charge in [0.2, 0.25) is 5.95 Å². The van der Waals surface area contributed by atoms with Crippen LogP contribution >= 0.6 is 15.9 Å². The lowest BCUT2D eigenvalue weighted by atomic mass is 10.2. The molecule has 1 fully saturated rings. The first-order chi connectivity index (χ1) is 7.69. The van der Waals surface area contributed by atoms with Gasteiger partial charge in [0.1, 0.15) is 0 Å². The van der Waals surface area contributed by atoms with E-state index in [1.807, 2.05) is 11.8 Å². The van der Waals surface area contributed by atoms with Crippen LogP contribution in [-0.4, -0.2) is 47.0 Å². The summed E-state index contributed by atoms with van der Waals surface area (Å²) in [7, 11) is 0. The van der Waals surface area contributed by atoms with E-state index in [1.165, 1.54) is 0 Å². The predicted molar refractivity (Wildman–Crippen MR) is 63.4 cm³/mol. The number of aliphatic hydroxyl groups is 1. The summed E-state index contributed by atoms with van der Waals surface area (Å²) < 4.78 is 6.41. The number of rotatable bonds is 2. The van der Waals surface area contributed by atoms with E-state index in [2.05, 4.69) is 25.9 Å². The van der Waals surface area contributed by atoms with Crippen molar-refractivity contribution in [2.75, 3.05) is 24.6 Å². The van der Waals surface area contributed by atoms with Gasteiger partial charge in [-0.3, -0.25) is 0 Å². The average molecular weight is 288 g/mol. The van der Waals surface area contributed by atoms with Crippen LogP contribution in [0.2, 0.25) is 0 Å². The van der Waals surface area contributed by atoms with E-state index < -0.39 is 0 Å². The molecule has 1 aromatic heterocycles. The maximum absolute atomic E-state index is 9.12. The molecule has 6 heteroatoms. The van der Waals surface area contributed by atoms with Gasteiger partial charge in [-0.1, -0.05) is 0 Å². The van der Waals surface area contributed by atoms with Crippen molar-refractivity contribution < 1.29 is 9.84 Å². The number of halogens is 1. The minimum Gasteiger partial charge on any atom is -0.394 e. The Hall–Kier alpha value is -0.720. The Bertz CT molecular complexity index is 346. The first-order valence-corrected chi connectivity index (χ1v) is 5.97. The van der Waals surface area contributed by atoms with Crippen molar-refractivity contribution >= 4 is 21.9 Å². The topological polar surface area (TPSA) is 58.5 Å². The van der Waals surface area contributed by atoms with Gasteiger partial charge in [-0.15, -0.1) is 0 Å². The van der Waals surface area contributed by atoms with Crippen molar-refractivity contribution in [1.29, 1.82) is 0 Å². The molecule has 16 heavy (non-hydrogen) atoms. The lowest BCUT2D eigenvalue weighted by Crippen LogP contribution is -2.48. The van der Waals surface area contributed by atoms with Crippen LogP contribution in [0, 0.1) is 0 Å². The number of aromatic nitrogens is 2. The first kappa shape index (κ1) is 11.8. The monoisotopic (exact) mass is 287 g/mol. The number of anilines is 1. The van der Waals surface area contributed by atoms with Crippen LogP contribution in [-0.2, 0) is 4.74 Å². The molecule has 0 aliphatic carbocycles. The van der Waals surface area contributed by atoms with Crippen molar-refractivity contribution in [1.82, 2.24) is 9.97 Å². The molecule has 0 saturated carbocycles. The highest BCUT2D eigenvalue weighted by Crippen LogP contribution is 2.17. The molecule has 0 spiro atoms. The molecule has 1 aromatic rings. The molecule has 2 heterocycles. The fourth-order valence-electron chi connectivity index (χ4n) is 1.78. The van der Waals surface area contributed by atoms with Crippen molar-refractivity contribution in [2.45, 2.75) is 19.1 Å². The van der Waals surface area contributed by atoms with E-state index in [-0.39, 0.29) is 18.8 Å². The number of ether oxygens (including phenoxy) is 1. The third-order valence-electron chi connectivity index (χ3n) is 2.42. The summed E-state index contributed by atoms with van der Waals surface area (Å²) in [5.74, 6) is 0.678. The molecular formula is C10H14BrN3O2. The summed E-state index contributed by atoms with van der Waals surface area (Å²) >= 11 is 3.30. The lowest BCUT2D eigenvalue weighted by Gasteiger charge is -2.35. The van der Waals surface area contributed by atoms with Gasteiger partial charge in [-0.05, 0) is 22.9 Å². The molecular weight excluding hydrogens is 274 g/mol. The third kappa shape index (κ3) is 2.69. The van der Waals surface area contributed by atoms with Crippen molar-refractivity contribution in [3.8, 4) is 0 Å². The van der Waals surface area contributed by atoms with Gasteiger partial charge < -0.3 is 14.7 Å². The Morgan fingerprint density at radius 3 is 2.81 bits per heavy atom. The van der Waals surface area contributed by atoms with Gasteiger partial charge in [-0.25, -0.2) is 9.97 Å². The van der Waals surface area contributed by atoms with Crippen molar-refractivity contribution in [3.05, 3.63) is 16.9 Å². The molecule has 0 radical (unpaired) electrons. The Morgan fingerprint density at radius 2 is 2.19 bits per heavy atom. The Balaban J connectivity index is 2.11. The summed E-state index contributed by atoms with van der Waals surface area (Å²) in [6.07, 6.45) is 3.36. The number of morpholine rings is 1. The molecule has 0 amide bonds. The van der Waals surface area contributed by atoms with E-state index in [9.17, 15) is 0 Å². The van der Waals surface area contributed by atoms with E-state index in [0.29, 0.717) is 12.5 Å². The summed E-state index contributed by atoms with van der Waals surface area (Å²) in [6, 6.07) is 0. The third-order valence-corrected chi connectivity index (χ3v) is 2.83. The minimum absolute atomic E-state index is 0.0252. The van der Waals surface area contributed by atoms with E-state index in [1.54, 1.807) is 12.4 Å². The van der Waals surface area contributed by atoms with Crippen LogP contribution in [0.25, 0.3) is 0 Å². The van der Waals surface area contributed by atoms with Gasteiger partial charge in [0, 0.05) is 25.5 Å². The van der Waals surface area contributed by atoms with E-state index in [0.717, 1.165) is 11.0 Å². The van der Waals surface area contributed by atoms with Crippen LogP contribution in [0.15, 0.2) is 16.9 Å². The average Bonchev–Trinajstić information content (AvgIpc) is 2.29. The Labute approximate surface area is 103 Å².